The Morgan fingerprint density at radius 3 is 2.51 bits per heavy atom. The van der Waals surface area contributed by atoms with E-state index < -0.39 is 11.8 Å². The molecular weight excluding hydrogens is 540 g/mol. The van der Waals surface area contributed by atoms with Gasteiger partial charge in [-0.2, -0.15) is 0 Å². The lowest BCUT2D eigenvalue weighted by atomic mass is 9.98. The number of carbonyl (C=O) groups excluding carboxylic acids is 2. The Morgan fingerprint density at radius 1 is 1.05 bits per heavy atom. The number of carbonyl (C=O) groups is 2. The molecule has 0 atom stereocenters. The van der Waals surface area contributed by atoms with Crippen LogP contribution in [0.15, 0.2) is 69.3 Å². The predicted molar refractivity (Wildman–Crippen MR) is 144 cm³/mol. The molecule has 0 radical (unpaired) electrons. The van der Waals surface area contributed by atoms with E-state index in [4.69, 9.17) is 15.2 Å². The van der Waals surface area contributed by atoms with E-state index in [1.165, 1.54) is 20.3 Å². The Labute approximate surface area is 220 Å². The number of nitrogens with zero attached hydrogens (tertiary/aromatic N) is 2. The number of aromatic amines is 1. The minimum Gasteiger partial charge on any atom is -0.497 e. The van der Waals surface area contributed by atoms with Gasteiger partial charge >= 0.3 is 0 Å². The van der Waals surface area contributed by atoms with Crippen LogP contribution in [0.1, 0.15) is 27.0 Å². The highest BCUT2D eigenvalue weighted by atomic mass is 79.9. The van der Waals surface area contributed by atoms with Crippen LogP contribution in [0.4, 0.5) is 5.69 Å². The molecule has 9 nitrogen and oxygen atoms in total. The molecule has 0 fully saturated rings. The van der Waals surface area contributed by atoms with Crippen LogP contribution >= 0.6 is 15.9 Å². The molecule has 2 amide bonds. The highest BCUT2D eigenvalue weighted by molar-refractivity contribution is 9.10. The molecule has 4 N–H and O–H groups in total. The van der Waals surface area contributed by atoms with Gasteiger partial charge < -0.3 is 25.3 Å². The van der Waals surface area contributed by atoms with Crippen molar-refractivity contribution in [2.45, 2.75) is 6.92 Å². The molecule has 4 aromatic rings. The monoisotopic (exact) mass is 562 g/mol. The molecule has 0 bridgehead atoms. The van der Waals surface area contributed by atoms with Gasteiger partial charge in [-0.25, -0.2) is 0 Å². The van der Waals surface area contributed by atoms with Crippen molar-refractivity contribution in [2.75, 3.05) is 14.2 Å². The number of hydrogen-bond acceptors (Lipinski definition) is 6. The van der Waals surface area contributed by atoms with Gasteiger partial charge in [0.15, 0.2) is 5.69 Å². The SMILES string of the molecule is COc1ccc(OC)c(C(=Cc2ccccc2C(N)=O)C(=O)N=Nc2c(O)[nH]c3c(C)cc(Br)cc23)c1. The van der Waals surface area contributed by atoms with Crippen molar-refractivity contribution in [3.05, 3.63) is 81.3 Å². The molecule has 0 saturated carbocycles. The maximum Gasteiger partial charge on any atom is 0.296 e. The van der Waals surface area contributed by atoms with Crippen LogP contribution in [0.25, 0.3) is 22.6 Å². The van der Waals surface area contributed by atoms with Gasteiger partial charge in [0, 0.05) is 21.0 Å². The number of aromatic nitrogens is 1. The summed E-state index contributed by atoms with van der Waals surface area (Å²) in [4.78, 5) is 28.4. The summed E-state index contributed by atoms with van der Waals surface area (Å²) in [7, 11) is 2.97. The molecule has 0 saturated heterocycles. The summed E-state index contributed by atoms with van der Waals surface area (Å²) in [6, 6.07) is 15.2. The van der Waals surface area contributed by atoms with E-state index >= 15 is 0 Å². The summed E-state index contributed by atoms with van der Waals surface area (Å²) in [6.45, 7) is 1.88. The summed E-state index contributed by atoms with van der Waals surface area (Å²) in [5, 5.41) is 19.1. The lowest BCUT2D eigenvalue weighted by Gasteiger charge is -2.12. The van der Waals surface area contributed by atoms with Crippen molar-refractivity contribution in [3.63, 3.8) is 0 Å². The number of amides is 2. The van der Waals surface area contributed by atoms with Gasteiger partial charge in [-0.1, -0.05) is 34.1 Å². The number of fused-ring (bicyclic) bond motifs is 1. The van der Waals surface area contributed by atoms with Gasteiger partial charge in [0.05, 0.1) is 25.3 Å². The lowest BCUT2D eigenvalue weighted by molar-refractivity contribution is -0.113. The number of benzene rings is 3. The maximum atomic E-state index is 13.5. The van der Waals surface area contributed by atoms with Crippen molar-refractivity contribution in [1.82, 2.24) is 4.98 Å². The average molecular weight is 563 g/mol. The summed E-state index contributed by atoms with van der Waals surface area (Å²) < 4.78 is 11.6. The van der Waals surface area contributed by atoms with E-state index in [1.54, 1.807) is 48.5 Å². The zero-order chi connectivity index (χ0) is 26.7. The number of aromatic hydroxyl groups is 1. The molecule has 0 spiro atoms. The van der Waals surface area contributed by atoms with E-state index in [1.807, 2.05) is 13.0 Å². The quantitative estimate of drug-likeness (QED) is 0.146. The first-order valence-corrected chi connectivity index (χ1v) is 11.8. The van der Waals surface area contributed by atoms with Crippen molar-refractivity contribution in [3.8, 4) is 17.4 Å². The zero-order valence-electron chi connectivity index (χ0n) is 20.2. The minimum atomic E-state index is -0.744. The number of azo groups is 1. The Bertz CT molecular complexity index is 1590. The van der Waals surface area contributed by atoms with Gasteiger partial charge in [-0.3, -0.25) is 9.59 Å². The number of H-pyrrole nitrogens is 1. The third-order valence-electron chi connectivity index (χ3n) is 5.72. The van der Waals surface area contributed by atoms with Crippen LogP contribution < -0.4 is 15.2 Å². The number of methoxy groups -OCH3 is 2. The normalized spacial score (nSPS) is 11.7. The molecule has 188 valence electrons. The highest BCUT2D eigenvalue weighted by Crippen LogP contribution is 2.39. The Kier molecular flexibility index (Phi) is 7.40. The largest absolute Gasteiger partial charge is 0.497 e. The number of aryl methyl sites for hydroxylation is 1. The van der Waals surface area contributed by atoms with Crippen molar-refractivity contribution in [1.29, 1.82) is 0 Å². The van der Waals surface area contributed by atoms with Gasteiger partial charge in [-0.15, -0.1) is 10.2 Å². The van der Waals surface area contributed by atoms with E-state index in [-0.39, 0.29) is 22.7 Å². The van der Waals surface area contributed by atoms with Gasteiger partial charge in [0.25, 0.3) is 5.91 Å². The molecule has 10 heteroatoms. The zero-order valence-corrected chi connectivity index (χ0v) is 21.8. The van der Waals surface area contributed by atoms with Crippen LogP contribution in [0.3, 0.4) is 0 Å². The fraction of sp³-hybridized carbons (Fsp3) is 0.111. The average Bonchev–Trinajstić information content (AvgIpc) is 3.20. The molecule has 3 aromatic carbocycles. The van der Waals surface area contributed by atoms with Crippen LogP contribution in [0.2, 0.25) is 0 Å². The van der Waals surface area contributed by atoms with E-state index in [9.17, 15) is 14.7 Å². The summed E-state index contributed by atoms with van der Waals surface area (Å²) in [5.74, 6) is -0.768. The van der Waals surface area contributed by atoms with Crippen LogP contribution in [0, 0.1) is 6.92 Å². The van der Waals surface area contributed by atoms with Crippen molar-refractivity contribution >= 4 is 56.0 Å². The van der Waals surface area contributed by atoms with Crippen molar-refractivity contribution in [2.24, 2.45) is 16.0 Å². The molecule has 4 rings (SSSR count). The summed E-state index contributed by atoms with van der Waals surface area (Å²) in [6.07, 6.45) is 1.49. The fourth-order valence-electron chi connectivity index (χ4n) is 3.93. The standard InChI is InChI=1S/C27H23BrN4O5/c1-14-10-16(28)12-21-23(14)30-27(35)24(21)31-32-26(34)20(11-15-6-4-5-7-18(15)25(29)33)19-13-17(36-2)8-9-22(19)37-3/h4-13,30,35H,1-3H3,(H2,29,33). The molecule has 0 aliphatic rings. The Morgan fingerprint density at radius 2 is 1.81 bits per heavy atom. The topological polar surface area (TPSA) is 139 Å². The van der Waals surface area contributed by atoms with Crippen LogP contribution in [-0.2, 0) is 4.79 Å². The van der Waals surface area contributed by atoms with Gasteiger partial charge in [0.2, 0.25) is 11.8 Å². The second-order valence-electron chi connectivity index (χ2n) is 8.05. The third-order valence-corrected chi connectivity index (χ3v) is 6.18. The Hall–Kier alpha value is -4.44. The number of rotatable bonds is 7. The molecule has 0 aliphatic carbocycles. The van der Waals surface area contributed by atoms with Crippen molar-refractivity contribution < 1.29 is 24.2 Å². The first-order chi connectivity index (χ1) is 17.7. The minimum absolute atomic E-state index is 0.0740. The molecule has 37 heavy (non-hydrogen) atoms. The first kappa shape index (κ1) is 25.6. The third kappa shape index (κ3) is 5.24. The molecule has 1 heterocycles. The number of nitrogens with two attached hydrogens (primary N) is 1. The fourth-order valence-corrected chi connectivity index (χ4v) is 4.51. The first-order valence-electron chi connectivity index (χ1n) is 11.0. The van der Waals surface area contributed by atoms with Crippen LogP contribution in [0.5, 0.6) is 17.4 Å². The lowest BCUT2D eigenvalue weighted by Crippen LogP contribution is -2.12. The molecule has 0 aliphatic heterocycles. The van der Waals surface area contributed by atoms with Crippen LogP contribution in [-0.4, -0.2) is 36.1 Å². The second-order valence-corrected chi connectivity index (χ2v) is 8.96. The number of hydrogen-bond donors (Lipinski definition) is 3. The number of ether oxygens (including phenoxy) is 2. The molecule has 0 unspecified atom stereocenters. The number of nitrogens with one attached hydrogen (secondary N) is 1. The smallest absolute Gasteiger partial charge is 0.296 e. The number of primary amides is 1. The maximum absolute atomic E-state index is 13.5. The summed E-state index contributed by atoms with van der Waals surface area (Å²) in [5.41, 5.74) is 8.28. The number of halogens is 1. The van der Waals surface area contributed by atoms with Gasteiger partial charge in [-0.05, 0) is 60.5 Å². The highest BCUT2D eigenvalue weighted by Gasteiger charge is 2.20. The second kappa shape index (κ2) is 10.7. The molecular formula is C27H23BrN4O5. The Balaban J connectivity index is 1.88. The van der Waals surface area contributed by atoms with E-state index in [0.717, 1.165) is 10.0 Å². The van der Waals surface area contributed by atoms with E-state index in [0.29, 0.717) is 33.5 Å². The van der Waals surface area contributed by atoms with E-state index in [2.05, 4.69) is 31.1 Å². The summed E-state index contributed by atoms with van der Waals surface area (Å²) >= 11 is 3.44. The molecule has 1 aromatic heterocycles. The predicted octanol–water partition coefficient (Wildman–Crippen LogP) is 5.91. The van der Waals surface area contributed by atoms with Gasteiger partial charge in [0.1, 0.15) is 11.5 Å².